The predicted molar refractivity (Wildman–Crippen MR) is 81.6 cm³/mol. The van der Waals surface area contributed by atoms with Crippen molar-refractivity contribution >= 4 is 0 Å². The third-order valence-corrected chi connectivity index (χ3v) is 3.88. The third-order valence-electron chi connectivity index (χ3n) is 3.88. The fourth-order valence-corrected chi connectivity index (χ4v) is 2.79. The summed E-state index contributed by atoms with van der Waals surface area (Å²) in [5.74, 6) is 11.9. The Bertz CT molecular complexity index is 632. The quantitative estimate of drug-likeness (QED) is 0.581. The minimum absolute atomic E-state index is 0.584. The second-order valence-electron chi connectivity index (χ2n) is 5.05. The number of hydrogen-bond acceptors (Lipinski definition) is 1. The molecular formula is C19H17N. The van der Waals surface area contributed by atoms with Crippen molar-refractivity contribution in [2.75, 3.05) is 0 Å². The molecule has 0 radical (unpaired) electrons. The third kappa shape index (κ3) is 3.54. The molecule has 1 nitrogen and oxygen atoms in total. The van der Waals surface area contributed by atoms with Gasteiger partial charge in [0.2, 0.25) is 0 Å². The van der Waals surface area contributed by atoms with E-state index < -0.39 is 0 Å². The van der Waals surface area contributed by atoms with Crippen molar-refractivity contribution in [3.8, 4) is 29.8 Å². The zero-order valence-electron chi connectivity index (χ0n) is 11.5. The van der Waals surface area contributed by atoms with Crippen molar-refractivity contribution in [2.24, 2.45) is 5.92 Å². The molecule has 0 aromatic heterocycles. The maximum absolute atomic E-state index is 8.37. The topological polar surface area (TPSA) is 23.8 Å². The molecule has 1 heteroatoms. The Hall–Kier alpha value is -2.43. The highest BCUT2D eigenvalue weighted by Gasteiger charge is 2.21. The molecule has 0 N–H and O–H groups in total. The van der Waals surface area contributed by atoms with Gasteiger partial charge in [0.15, 0.2) is 6.07 Å². The van der Waals surface area contributed by atoms with Crippen LogP contribution in [0.4, 0.5) is 0 Å². The summed E-state index contributed by atoms with van der Waals surface area (Å²) in [5.41, 5.74) is 2.36. The number of nitrogens with zero attached hydrogens (tertiary/aromatic N) is 1. The van der Waals surface area contributed by atoms with E-state index in [1.165, 1.54) is 31.2 Å². The van der Waals surface area contributed by atoms with Gasteiger partial charge in [-0.05, 0) is 55.1 Å². The van der Waals surface area contributed by atoms with Gasteiger partial charge in [-0.1, -0.05) is 30.2 Å². The van der Waals surface area contributed by atoms with E-state index in [0.717, 1.165) is 5.56 Å². The summed E-state index contributed by atoms with van der Waals surface area (Å²) in [6.07, 6.45) is 6.90. The molecule has 1 aromatic rings. The van der Waals surface area contributed by atoms with Crippen LogP contribution in [0.1, 0.15) is 42.7 Å². The van der Waals surface area contributed by atoms with Crippen LogP contribution in [0.25, 0.3) is 0 Å². The number of benzene rings is 1. The average Bonchev–Trinajstić information content (AvgIpc) is 2.52. The van der Waals surface area contributed by atoms with Crippen LogP contribution in [0, 0.1) is 40.9 Å². The second kappa shape index (κ2) is 7.23. The lowest BCUT2D eigenvalue weighted by atomic mass is 9.77. The van der Waals surface area contributed by atoms with Crippen LogP contribution in [0.15, 0.2) is 36.9 Å². The molecule has 0 heterocycles. The van der Waals surface area contributed by atoms with E-state index in [-0.39, 0.29) is 0 Å². The molecule has 0 spiro atoms. The standard InChI is InChI=1S/C19H17N/c1-2-16-11-13-18(14-12-16)19-10-6-5-9-17(19)8-4-3-7-15-20/h2,5-6,9-10,16,18H,1,11-14H2. The van der Waals surface area contributed by atoms with Crippen molar-refractivity contribution in [3.05, 3.63) is 48.0 Å². The first-order valence-corrected chi connectivity index (χ1v) is 6.96. The summed E-state index contributed by atoms with van der Waals surface area (Å²) in [6, 6.07) is 10.0. The minimum Gasteiger partial charge on any atom is -0.183 e. The van der Waals surface area contributed by atoms with Gasteiger partial charge in [0.05, 0.1) is 0 Å². The van der Waals surface area contributed by atoms with Gasteiger partial charge in [-0.25, -0.2) is 0 Å². The van der Waals surface area contributed by atoms with Gasteiger partial charge in [0.25, 0.3) is 0 Å². The Balaban J connectivity index is 2.18. The SMILES string of the molecule is C=CC1CCC(c2ccccc2C#CC#CC#N)CC1. The van der Waals surface area contributed by atoms with Gasteiger partial charge in [-0.2, -0.15) is 5.26 Å². The van der Waals surface area contributed by atoms with Crippen molar-refractivity contribution in [3.63, 3.8) is 0 Å². The number of allylic oxidation sites excluding steroid dienone is 1. The number of rotatable bonds is 2. The van der Waals surface area contributed by atoms with Crippen LogP contribution in [-0.2, 0) is 0 Å². The Labute approximate surface area is 121 Å². The molecule has 1 fully saturated rings. The summed E-state index contributed by atoms with van der Waals surface area (Å²) in [4.78, 5) is 0. The molecule has 0 aliphatic heterocycles. The summed E-state index contributed by atoms with van der Waals surface area (Å²) in [6.45, 7) is 3.89. The Morgan fingerprint density at radius 1 is 1.05 bits per heavy atom. The first-order chi connectivity index (χ1) is 9.85. The monoisotopic (exact) mass is 259 g/mol. The fourth-order valence-electron chi connectivity index (χ4n) is 2.79. The summed E-state index contributed by atoms with van der Waals surface area (Å²) >= 11 is 0. The van der Waals surface area contributed by atoms with E-state index in [0.29, 0.717) is 11.8 Å². The van der Waals surface area contributed by atoms with E-state index in [9.17, 15) is 0 Å². The molecule has 0 unspecified atom stereocenters. The van der Waals surface area contributed by atoms with Crippen molar-refractivity contribution in [1.82, 2.24) is 0 Å². The summed E-state index contributed by atoms with van der Waals surface area (Å²) in [5, 5.41) is 8.37. The van der Waals surface area contributed by atoms with Gasteiger partial charge in [-0.3, -0.25) is 0 Å². The zero-order chi connectivity index (χ0) is 14.2. The molecule has 1 aromatic carbocycles. The zero-order valence-corrected chi connectivity index (χ0v) is 11.5. The fraction of sp³-hybridized carbons (Fsp3) is 0.316. The molecule has 2 rings (SSSR count). The van der Waals surface area contributed by atoms with Crippen LogP contribution in [-0.4, -0.2) is 0 Å². The predicted octanol–water partition coefficient (Wildman–Crippen LogP) is 4.02. The van der Waals surface area contributed by atoms with Crippen LogP contribution in [0.2, 0.25) is 0 Å². The van der Waals surface area contributed by atoms with Gasteiger partial charge in [0.1, 0.15) is 0 Å². The molecule has 98 valence electrons. The Kier molecular flexibility index (Phi) is 5.06. The largest absolute Gasteiger partial charge is 0.183 e. The van der Waals surface area contributed by atoms with Gasteiger partial charge < -0.3 is 0 Å². The second-order valence-corrected chi connectivity index (χ2v) is 5.05. The minimum atomic E-state index is 0.584. The first kappa shape index (κ1) is 14.0. The Morgan fingerprint density at radius 3 is 2.50 bits per heavy atom. The molecule has 20 heavy (non-hydrogen) atoms. The molecule has 0 saturated heterocycles. The molecule has 1 aliphatic carbocycles. The smallest absolute Gasteiger partial charge is 0.153 e. The number of nitriles is 1. The summed E-state index contributed by atoms with van der Waals surface area (Å²) < 4.78 is 0. The maximum atomic E-state index is 8.37. The molecular weight excluding hydrogens is 242 g/mol. The highest BCUT2D eigenvalue weighted by molar-refractivity contribution is 5.47. The van der Waals surface area contributed by atoms with Gasteiger partial charge >= 0.3 is 0 Å². The van der Waals surface area contributed by atoms with E-state index in [2.05, 4.69) is 48.5 Å². The molecule has 0 atom stereocenters. The maximum Gasteiger partial charge on any atom is 0.153 e. The van der Waals surface area contributed by atoms with E-state index in [1.807, 2.05) is 12.1 Å². The van der Waals surface area contributed by atoms with E-state index >= 15 is 0 Å². The lowest BCUT2D eigenvalue weighted by Gasteiger charge is -2.27. The van der Waals surface area contributed by atoms with Gasteiger partial charge in [-0.15, -0.1) is 6.58 Å². The van der Waals surface area contributed by atoms with E-state index in [4.69, 9.17) is 5.26 Å². The van der Waals surface area contributed by atoms with Crippen molar-refractivity contribution in [2.45, 2.75) is 31.6 Å². The van der Waals surface area contributed by atoms with Gasteiger partial charge in [0, 0.05) is 17.4 Å². The van der Waals surface area contributed by atoms with Crippen molar-refractivity contribution in [1.29, 1.82) is 5.26 Å². The molecule has 1 aliphatic rings. The van der Waals surface area contributed by atoms with E-state index in [1.54, 1.807) is 6.07 Å². The number of hydrogen-bond donors (Lipinski definition) is 0. The lowest BCUT2D eigenvalue weighted by molar-refractivity contribution is 0.376. The molecule has 1 saturated carbocycles. The molecule has 0 amide bonds. The summed E-state index contributed by atoms with van der Waals surface area (Å²) in [7, 11) is 0. The van der Waals surface area contributed by atoms with Crippen LogP contribution in [0.3, 0.4) is 0 Å². The van der Waals surface area contributed by atoms with Crippen molar-refractivity contribution < 1.29 is 0 Å². The van der Waals surface area contributed by atoms with Crippen LogP contribution >= 0.6 is 0 Å². The highest BCUT2D eigenvalue weighted by atomic mass is 14.3. The lowest BCUT2D eigenvalue weighted by Crippen LogP contribution is -2.12. The first-order valence-electron chi connectivity index (χ1n) is 6.96. The van der Waals surface area contributed by atoms with Crippen LogP contribution in [0.5, 0.6) is 0 Å². The normalized spacial score (nSPS) is 20.6. The molecule has 0 bridgehead atoms. The average molecular weight is 259 g/mol. The van der Waals surface area contributed by atoms with Crippen LogP contribution < -0.4 is 0 Å². The highest BCUT2D eigenvalue weighted by Crippen LogP contribution is 2.37. The Morgan fingerprint density at radius 2 is 1.80 bits per heavy atom.